The molecule has 0 unspecified atom stereocenters. The summed E-state index contributed by atoms with van der Waals surface area (Å²) >= 11 is 0. The number of piperidine rings is 2. The van der Waals surface area contributed by atoms with Crippen LogP contribution >= 0.6 is 0 Å². The number of hydrogen-bond acceptors (Lipinski definition) is 5. The maximum absolute atomic E-state index is 12.7. The zero-order valence-electron chi connectivity index (χ0n) is 18.6. The molecular weight excluding hydrogens is 404 g/mol. The van der Waals surface area contributed by atoms with E-state index in [1.807, 2.05) is 30.3 Å². The highest BCUT2D eigenvalue weighted by Gasteiger charge is 2.30. The van der Waals surface area contributed by atoms with Gasteiger partial charge in [0, 0.05) is 37.1 Å². The second kappa shape index (κ2) is 10.0. The van der Waals surface area contributed by atoms with E-state index in [0.717, 1.165) is 63.2 Å². The molecule has 0 radical (unpaired) electrons. The molecule has 170 valence electrons. The van der Waals surface area contributed by atoms with Crippen LogP contribution in [0.2, 0.25) is 0 Å². The summed E-state index contributed by atoms with van der Waals surface area (Å²) in [7, 11) is 1.56. The van der Waals surface area contributed by atoms with Gasteiger partial charge in [0.05, 0.1) is 18.6 Å². The van der Waals surface area contributed by atoms with Crippen LogP contribution in [-0.4, -0.2) is 56.0 Å². The van der Waals surface area contributed by atoms with E-state index >= 15 is 0 Å². The number of anilines is 2. The fourth-order valence-electron chi connectivity index (χ4n) is 4.87. The largest absolute Gasteiger partial charge is 0.496 e. The number of rotatable bonds is 6. The van der Waals surface area contributed by atoms with Crippen molar-refractivity contribution in [2.45, 2.75) is 31.7 Å². The summed E-state index contributed by atoms with van der Waals surface area (Å²) in [6.07, 6.45) is 4.08. The molecule has 0 aliphatic carbocycles. The normalized spacial score (nSPS) is 20.0. The van der Waals surface area contributed by atoms with Crippen LogP contribution in [0.1, 0.15) is 36.0 Å². The van der Waals surface area contributed by atoms with Gasteiger partial charge in [-0.05, 0) is 62.6 Å². The van der Waals surface area contributed by atoms with Gasteiger partial charge >= 0.3 is 0 Å². The number of ether oxygens (including phenoxy) is 1. The SMILES string of the molecule is COc1ccccc1C(=O)Nc1cccc(N2CCC(N3CCC[C@H](C(N)=O)C3)CC2)c1. The Labute approximate surface area is 189 Å². The van der Waals surface area contributed by atoms with Crippen molar-refractivity contribution in [1.29, 1.82) is 0 Å². The van der Waals surface area contributed by atoms with Gasteiger partial charge in [0.25, 0.3) is 5.91 Å². The predicted molar refractivity (Wildman–Crippen MR) is 126 cm³/mol. The molecule has 2 aliphatic rings. The average molecular weight is 437 g/mol. The molecule has 32 heavy (non-hydrogen) atoms. The minimum Gasteiger partial charge on any atom is -0.496 e. The second-order valence-electron chi connectivity index (χ2n) is 8.66. The highest BCUT2D eigenvalue weighted by Crippen LogP contribution is 2.28. The average Bonchev–Trinajstić information content (AvgIpc) is 2.84. The van der Waals surface area contributed by atoms with Gasteiger partial charge in [-0.25, -0.2) is 0 Å². The first-order valence-corrected chi connectivity index (χ1v) is 11.4. The fourth-order valence-corrected chi connectivity index (χ4v) is 4.87. The number of primary amides is 1. The zero-order valence-corrected chi connectivity index (χ0v) is 18.6. The summed E-state index contributed by atoms with van der Waals surface area (Å²) in [4.78, 5) is 29.2. The Kier molecular flexibility index (Phi) is 6.95. The van der Waals surface area contributed by atoms with Gasteiger partial charge in [0.1, 0.15) is 5.75 Å². The van der Waals surface area contributed by atoms with Gasteiger partial charge in [0.15, 0.2) is 0 Å². The maximum atomic E-state index is 12.7. The molecule has 3 N–H and O–H groups in total. The molecule has 2 heterocycles. The minimum atomic E-state index is -0.188. The Morgan fingerprint density at radius 3 is 2.56 bits per heavy atom. The van der Waals surface area contributed by atoms with Crippen molar-refractivity contribution in [3.63, 3.8) is 0 Å². The van der Waals surface area contributed by atoms with Crippen LogP contribution in [0.3, 0.4) is 0 Å². The van der Waals surface area contributed by atoms with Gasteiger partial charge in [-0.2, -0.15) is 0 Å². The quantitative estimate of drug-likeness (QED) is 0.727. The Hall–Kier alpha value is -3.06. The third-order valence-corrected chi connectivity index (χ3v) is 6.66. The Morgan fingerprint density at radius 1 is 1.03 bits per heavy atom. The first-order valence-electron chi connectivity index (χ1n) is 11.4. The van der Waals surface area contributed by atoms with Crippen molar-refractivity contribution in [2.75, 3.05) is 43.5 Å². The third kappa shape index (κ3) is 5.05. The highest BCUT2D eigenvalue weighted by atomic mass is 16.5. The molecule has 4 rings (SSSR count). The lowest BCUT2D eigenvalue weighted by Crippen LogP contribution is -2.50. The van der Waals surface area contributed by atoms with E-state index in [-0.39, 0.29) is 17.7 Å². The van der Waals surface area contributed by atoms with Gasteiger partial charge in [-0.15, -0.1) is 0 Å². The summed E-state index contributed by atoms with van der Waals surface area (Å²) < 4.78 is 5.30. The van der Waals surface area contributed by atoms with Gasteiger partial charge in [-0.3, -0.25) is 14.5 Å². The van der Waals surface area contributed by atoms with E-state index in [1.165, 1.54) is 0 Å². The molecule has 2 aromatic rings. The fraction of sp³-hybridized carbons (Fsp3) is 0.440. The lowest BCUT2D eigenvalue weighted by Gasteiger charge is -2.42. The molecule has 2 fully saturated rings. The first-order chi connectivity index (χ1) is 15.5. The lowest BCUT2D eigenvalue weighted by molar-refractivity contribution is -0.123. The van der Waals surface area contributed by atoms with E-state index in [1.54, 1.807) is 19.2 Å². The summed E-state index contributed by atoms with van der Waals surface area (Å²) in [5.41, 5.74) is 7.93. The van der Waals surface area contributed by atoms with Crippen molar-refractivity contribution in [3.8, 4) is 5.75 Å². The van der Waals surface area contributed by atoms with Crippen LogP contribution < -0.4 is 20.7 Å². The van der Waals surface area contributed by atoms with Crippen molar-refractivity contribution >= 4 is 23.2 Å². The summed E-state index contributed by atoms with van der Waals surface area (Å²) in [5, 5.41) is 2.99. The predicted octanol–water partition coefficient (Wildman–Crippen LogP) is 3.11. The number of carbonyl (C=O) groups excluding carboxylic acids is 2. The summed E-state index contributed by atoms with van der Waals surface area (Å²) in [5.74, 6) is 0.191. The molecule has 1 atom stereocenters. The van der Waals surface area contributed by atoms with Crippen molar-refractivity contribution in [2.24, 2.45) is 11.7 Å². The van der Waals surface area contributed by atoms with Crippen LogP contribution in [0, 0.1) is 5.92 Å². The third-order valence-electron chi connectivity index (χ3n) is 6.66. The smallest absolute Gasteiger partial charge is 0.259 e. The monoisotopic (exact) mass is 436 g/mol. The number of para-hydroxylation sites is 1. The minimum absolute atomic E-state index is 0.00897. The molecule has 0 bridgehead atoms. The van der Waals surface area contributed by atoms with Crippen LogP contribution in [0.5, 0.6) is 5.75 Å². The van der Waals surface area contributed by atoms with E-state index < -0.39 is 0 Å². The molecule has 2 aromatic carbocycles. The number of methoxy groups -OCH3 is 1. The number of nitrogens with two attached hydrogens (primary N) is 1. The van der Waals surface area contributed by atoms with E-state index in [2.05, 4.69) is 21.2 Å². The molecule has 0 saturated carbocycles. The molecular formula is C25H32N4O3. The lowest BCUT2D eigenvalue weighted by atomic mass is 9.93. The molecule has 2 saturated heterocycles. The number of nitrogens with zero attached hydrogens (tertiary/aromatic N) is 2. The number of benzene rings is 2. The van der Waals surface area contributed by atoms with E-state index in [4.69, 9.17) is 10.5 Å². The van der Waals surface area contributed by atoms with Crippen LogP contribution in [0.4, 0.5) is 11.4 Å². The number of likely N-dealkylation sites (tertiary alicyclic amines) is 1. The topological polar surface area (TPSA) is 87.9 Å². The van der Waals surface area contributed by atoms with Crippen LogP contribution in [0.25, 0.3) is 0 Å². The molecule has 7 heteroatoms. The number of amides is 2. The summed E-state index contributed by atoms with van der Waals surface area (Å²) in [6.45, 7) is 3.75. The molecule has 0 aromatic heterocycles. The van der Waals surface area contributed by atoms with Crippen molar-refractivity contribution in [1.82, 2.24) is 4.90 Å². The van der Waals surface area contributed by atoms with Crippen molar-refractivity contribution < 1.29 is 14.3 Å². The molecule has 2 aliphatic heterocycles. The Bertz CT molecular complexity index is 956. The van der Waals surface area contributed by atoms with Crippen LogP contribution in [0.15, 0.2) is 48.5 Å². The molecule has 0 spiro atoms. The Morgan fingerprint density at radius 2 is 1.81 bits per heavy atom. The zero-order chi connectivity index (χ0) is 22.5. The molecule has 7 nitrogen and oxygen atoms in total. The van der Waals surface area contributed by atoms with E-state index in [0.29, 0.717) is 17.4 Å². The maximum Gasteiger partial charge on any atom is 0.259 e. The van der Waals surface area contributed by atoms with Gasteiger partial charge in [-0.1, -0.05) is 18.2 Å². The van der Waals surface area contributed by atoms with E-state index in [9.17, 15) is 9.59 Å². The first kappa shape index (κ1) is 22.1. The molecule has 2 amide bonds. The number of carbonyl (C=O) groups is 2. The standard InChI is InChI=1S/C25H32N4O3/c1-32-23-10-3-2-9-22(23)25(31)27-19-7-4-8-21(16-19)28-14-11-20(12-15-28)29-13-5-6-18(17-29)24(26)30/h2-4,7-10,16,18,20H,5-6,11-15,17H2,1H3,(H2,26,30)(H,27,31)/t18-/m0/s1. The van der Waals surface area contributed by atoms with Crippen molar-refractivity contribution in [3.05, 3.63) is 54.1 Å². The number of nitrogens with one attached hydrogen (secondary N) is 1. The second-order valence-corrected chi connectivity index (χ2v) is 8.66. The van der Waals surface area contributed by atoms with Gasteiger partial charge in [0.2, 0.25) is 5.91 Å². The summed E-state index contributed by atoms with van der Waals surface area (Å²) in [6, 6.07) is 15.7. The van der Waals surface area contributed by atoms with Gasteiger partial charge < -0.3 is 20.7 Å². The van der Waals surface area contributed by atoms with Crippen LogP contribution in [-0.2, 0) is 4.79 Å². The highest BCUT2D eigenvalue weighted by molar-refractivity contribution is 6.06. The Balaban J connectivity index is 1.36. The number of hydrogen-bond donors (Lipinski definition) is 2.